The van der Waals surface area contributed by atoms with E-state index in [2.05, 4.69) is 25.2 Å². The average molecular weight is 354 g/mol. The summed E-state index contributed by atoms with van der Waals surface area (Å²) < 4.78 is 5.57. The summed E-state index contributed by atoms with van der Waals surface area (Å²) in [5.41, 5.74) is 3.01. The second kappa shape index (κ2) is 7.71. The van der Waals surface area contributed by atoms with E-state index in [1.165, 1.54) is 21.8 Å². The number of fused-ring (bicyclic) bond motifs is 1. The number of ether oxygens (including phenoxy) is 1. The van der Waals surface area contributed by atoms with E-state index < -0.39 is 0 Å². The average Bonchev–Trinajstić information content (AvgIpc) is 3.20. The van der Waals surface area contributed by atoms with Gasteiger partial charge in [0.15, 0.2) is 6.61 Å². The van der Waals surface area contributed by atoms with Crippen molar-refractivity contribution in [1.29, 1.82) is 5.26 Å². The van der Waals surface area contributed by atoms with Crippen molar-refractivity contribution >= 4 is 22.2 Å². The van der Waals surface area contributed by atoms with Crippen LogP contribution in [0.5, 0.6) is 5.75 Å². The van der Waals surface area contributed by atoms with Crippen molar-refractivity contribution < 1.29 is 9.53 Å². The summed E-state index contributed by atoms with van der Waals surface area (Å²) in [6, 6.07) is 10.1. The first-order valence-electron chi connectivity index (χ1n) is 8.69. The number of nitrogens with zero attached hydrogens (tertiary/aromatic N) is 1. The third-order valence-electron chi connectivity index (χ3n) is 4.72. The van der Waals surface area contributed by atoms with E-state index >= 15 is 0 Å². The smallest absolute Gasteiger partial charge is 0.262 e. The predicted octanol–water partition coefficient (Wildman–Crippen LogP) is 4.64. The molecule has 130 valence electrons. The van der Waals surface area contributed by atoms with E-state index in [1.807, 2.05) is 24.3 Å². The van der Waals surface area contributed by atoms with Crippen molar-refractivity contribution in [3.63, 3.8) is 0 Å². The number of rotatable bonds is 6. The van der Waals surface area contributed by atoms with Crippen LogP contribution in [0.1, 0.15) is 54.2 Å². The van der Waals surface area contributed by atoms with Crippen molar-refractivity contribution in [3.8, 4) is 11.8 Å². The topological polar surface area (TPSA) is 62.1 Å². The Hall–Kier alpha value is -2.32. The summed E-state index contributed by atoms with van der Waals surface area (Å²) in [4.78, 5) is 13.4. The number of hydrogen-bond donors (Lipinski definition) is 1. The number of hydrogen-bond acceptors (Lipinski definition) is 4. The van der Waals surface area contributed by atoms with Crippen LogP contribution in [0.3, 0.4) is 0 Å². The van der Waals surface area contributed by atoms with Crippen LogP contribution >= 0.6 is 11.3 Å². The molecule has 0 aliphatic heterocycles. The number of benzene rings is 1. The lowest BCUT2D eigenvalue weighted by Gasteiger charge is -2.11. The van der Waals surface area contributed by atoms with Crippen molar-refractivity contribution in [2.75, 3.05) is 11.9 Å². The first kappa shape index (κ1) is 17.5. The fraction of sp³-hybridized carbons (Fsp3) is 0.400. The van der Waals surface area contributed by atoms with Gasteiger partial charge >= 0.3 is 0 Å². The van der Waals surface area contributed by atoms with Crippen molar-refractivity contribution in [2.24, 2.45) is 0 Å². The van der Waals surface area contributed by atoms with Gasteiger partial charge in [-0.1, -0.05) is 26.0 Å². The Balaban J connectivity index is 1.58. The Morgan fingerprint density at radius 3 is 2.80 bits per heavy atom. The monoisotopic (exact) mass is 354 g/mol. The van der Waals surface area contributed by atoms with Crippen molar-refractivity contribution in [1.82, 2.24) is 0 Å². The third-order valence-corrected chi connectivity index (χ3v) is 5.92. The van der Waals surface area contributed by atoms with E-state index in [1.54, 1.807) is 0 Å². The Bertz CT molecular complexity index is 802. The van der Waals surface area contributed by atoms with Gasteiger partial charge in [0.2, 0.25) is 0 Å². The minimum absolute atomic E-state index is 0.0594. The molecule has 25 heavy (non-hydrogen) atoms. The van der Waals surface area contributed by atoms with Gasteiger partial charge in [-0.05, 0) is 54.9 Å². The molecule has 4 nitrogen and oxygen atoms in total. The van der Waals surface area contributed by atoms with Gasteiger partial charge in [-0.25, -0.2) is 0 Å². The maximum atomic E-state index is 12.2. The molecule has 2 aromatic rings. The SMILES string of the molecule is CC[C@@H](C)c1ccc(OCC(=O)Nc2sc3c(c2C#N)CCC3)cc1. The number of nitriles is 1. The maximum Gasteiger partial charge on any atom is 0.262 e. The van der Waals surface area contributed by atoms with Crippen LogP contribution in [0, 0.1) is 11.3 Å². The molecule has 0 saturated carbocycles. The molecule has 0 saturated heterocycles. The zero-order valence-electron chi connectivity index (χ0n) is 14.6. The molecule has 0 bridgehead atoms. The Kier molecular flexibility index (Phi) is 5.40. The van der Waals surface area contributed by atoms with Crippen LogP contribution in [0.2, 0.25) is 0 Å². The predicted molar refractivity (Wildman–Crippen MR) is 100 cm³/mol. The Labute approximate surface area is 152 Å². The van der Waals surface area contributed by atoms with Crippen molar-refractivity contribution in [2.45, 2.75) is 45.4 Å². The fourth-order valence-electron chi connectivity index (χ4n) is 3.05. The van der Waals surface area contributed by atoms with Gasteiger partial charge in [-0.3, -0.25) is 4.79 Å². The summed E-state index contributed by atoms with van der Waals surface area (Å²) in [6.45, 7) is 4.29. The summed E-state index contributed by atoms with van der Waals surface area (Å²) in [5, 5.41) is 12.8. The number of carbonyl (C=O) groups is 1. The first-order chi connectivity index (χ1) is 12.1. The number of nitrogens with one attached hydrogen (secondary N) is 1. The highest BCUT2D eigenvalue weighted by Crippen LogP contribution is 2.38. The highest BCUT2D eigenvalue weighted by molar-refractivity contribution is 7.16. The molecule has 1 amide bonds. The third kappa shape index (κ3) is 3.85. The minimum atomic E-state index is -0.234. The number of carbonyl (C=O) groups excluding carboxylic acids is 1. The summed E-state index contributed by atoms with van der Waals surface area (Å²) >= 11 is 1.52. The lowest BCUT2D eigenvalue weighted by atomic mass is 9.99. The summed E-state index contributed by atoms with van der Waals surface area (Å²) in [5.74, 6) is 0.960. The highest BCUT2D eigenvalue weighted by atomic mass is 32.1. The van der Waals surface area contributed by atoms with Gasteiger partial charge < -0.3 is 10.1 Å². The second-order valence-electron chi connectivity index (χ2n) is 6.39. The molecule has 0 radical (unpaired) electrons. The van der Waals surface area contributed by atoms with Crippen LogP contribution in [0.4, 0.5) is 5.00 Å². The van der Waals surface area contributed by atoms with E-state index in [0.29, 0.717) is 22.2 Å². The molecule has 0 fully saturated rings. The molecule has 1 aliphatic carbocycles. The van der Waals surface area contributed by atoms with E-state index in [9.17, 15) is 10.1 Å². The molecule has 1 atom stereocenters. The quantitative estimate of drug-likeness (QED) is 0.822. The van der Waals surface area contributed by atoms with Crippen LogP contribution in [0.25, 0.3) is 0 Å². The van der Waals surface area contributed by atoms with Crippen LogP contribution in [-0.2, 0) is 17.6 Å². The van der Waals surface area contributed by atoms with E-state index in [-0.39, 0.29) is 12.5 Å². The lowest BCUT2D eigenvalue weighted by Crippen LogP contribution is -2.20. The van der Waals surface area contributed by atoms with Crippen LogP contribution in [-0.4, -0.2) is 12.5 Å². The summed E-state index contributed by atoms with van der Waals surface area (Å²) in [6.07, 6.45) is 4.13. The molecule has 0 unspecified atom stereocenters. The molecule has 1 heterocycles. The van der Waals surface area contributed by atoms with Gasteiger partial charge in [-0.15, -0.1) is 11.3 Å². The largest absolute Gasteiger partial charge is 0.484 e. The van der Waals surface area contributed by atoms with Crippen LogP contribution in [0.15, 0.2) is 24.3 Å². The van der Waals surface area contributed by atoms with Gasteiger partial charge in [0.1, 0.15) is 16.8 Å². The molecule has 3 rings (SSSR count). The molecule has 1 aliphatic rings. The van der Waals surface area contributed by atoms with Gasteiger partial charge in [0, 0.05) is 4.88 Å². The Morgan fingerprint density at radius 1 is 1.36 bits per heavy atom. The second-order valence-corrected chi connectivity index (χ2v) is 7.49. The minimum Gasteiger partial charge on any atom is -0.484 e. The maximum absolute atomic E-state index is 12.2. The standard InChI is InChI=1S/C20H22N2O2S/c1-3-13(2)14-7-9-15(10-8-14)24-12-19(23)22-20-17(11-21)16-5-4-6-18(16)25-20/h7-10,13H,3-6,12H2,1-2H3,(H,22,23)/t13-/m1/s1. The van der Waals surface area contributed by atoms with Gasteiger partial charge in [0.05, 0.1) is 5.56 Å². The number of thiophene rings is 1. The first-order valence-corrected chi connectivity index (χ1v) is 9.51. The van der Waals surface area contributed by atoms with E-state index in [4.69, 9.17) is 4.74 Å². The highest BCUT2D eigenvalue weighted by Gasteiger charge is 2.23. The number of anilines is 1. The lowest BCUT2D eigenvalue weighted by molar-refractivity contribution is -0.118. The molecular formula is C20H22N2O2S. The molecule has 1 aromatic carbocycles. The molecular weight excluding hydrogens is 332 g/mol. The van der Waals surface area contributed by atoms with Gasteiger partial charge in [0.25, 0.3) is 5.91 Å². The molecule has 1 N–H and O–H groups in total. The molecule has 1 aromatic heterocycles. The number of aryl methyl sites for hydroxylation is 1. The Morgan fingerprint density at radius 2 is 2.12 bits per heavy atom. The number of amides is 1. The fourth-order valence-corrected chi connectivity index (χ4v) is 4.31. The normalized spacial score (nSPS) is 13.8. The molecule has 0 spiro atoms. The van der Waals surface area contributed by atoms with E-state index in [0.717, 1.165) is 31.2 Å². The van der Waals surface area contributed by atoms with Gasteiger partial charge in [-0.2, -0.15) is 5.26 Å². The zero-order valence-corrected chi connectivity index (χ0v) is 15.4. The van der Waals surface area contributed by atoms with Crippen molar-refractivity contribution in [3.05, 3.63) is 45.8 Å². The summed E-state index contributed by atoms with van der Waals surface area (Å²) in [7, 11) is 0. The molecule has 5 heteroatoms. The van der Waals surface area contributed by atoms with Crippen LogP contribution < -0.4 is 10.1 Å². The zero-order chi connectivity index (χ0) is 17.8.